The molecular formula is C18H25N5O7. The highest BCUT2D eigenvalue weighted by Gasteiger charge is 2.30. The number of aliphatic hydroxyl groups is 1. The van der Waals surface area contributed by atoms with Gasteiger partial charge in [0.2, 0.25) is 23.6 Å². The van der Waals surface area contributed by atoms with E-state index in [1.807, 2.05) is 0 Å². The third-order valence-electron chi connectivity index (χ3n) is 3.96. The number of hydrogen-bond acceptors (Lipinski definition) is 7. The van der Waals surface area contributed by atoms with Gasteiger partial charge in [-0.05, 0) is 5.56 Å². The van der Waals surface area contributed by atoms with Gasteiger partial charge in [-0.25, -0.2) is 4.79 Å². The van der Waals surface area contributed by atoms with E-state index in [9.17, 15) is 34.2 Å². The van der Waals surface area contributed by atoms with Gasteiger partial charge in [-0.3, -0.25) is 19.2 Å². The Kier molecular flexibility index (Phi) is 9.92. The van der Waals surface area contributed by atoms with E-state index in [-0.39, 0.29) is 6.42 Å². The average molecular weight is 423 g/mol. The molecule has 1 aromatic carbocycles. The van der Waals surface area contributed by atoms with E-state index in [4.69, 9.17) is 11.5 Å². The highest BCUT2D eigenvalue weighted by Crippen LogP contribution is 2.05. The number of nitrogens with two attached hydrogens (primary N) is 2. The number of carbonyl (C=O) groups excluding carboxylic acids is 4. The summed E-state index contributed by atoms with van der Waals surface area (Å²) in [7, 11) is 0. The van der Waals surface area contributed by atoms with Gasteiger partial charge in [0.15, 0.2) is 0 Å². The lowest BCUT2D eigenvalue weighted by atomic mass is 10.0. The maximum absolute atomic E-state index is 12.7. The van der Waals surface area contributed by atoms with Gasteiger partial charge in [0.05, 0.1) is 19.6 Å². The minimum atomic E-state index is -1.59. The molecule has 0 heterocycles. The molecule has 0 radical (unpaired) electrons. The second-order valence-electron chi connectivity index (χ2n) is 6.33. The summed E-state index contributed by atoms with van der Waals surface area (Å²) in [5, 5.41) is 25.3. The van der Waals surface area contributed by atoms with Crippen molar-refractivity contribution >= 4 is 29.6 Å². The zero-order valence-electron chi connectivity index (χ0n) is 16.0. The molecule has 0 aliphatic rings. The number of carbonyl (C=O) groups is 5. The first-order valence-corrected chi connectivity index (χ1v) is 8.94. The minimum Gasteiger partial charge on any atom is -0.480 e. The first-order valence-electron chi connectivity index (χ1n) is 8.94. The van der Waals surface area contributed by atoms with Crippen LogP contribution in [0.1, 0.15) is 12.0 Å². The molecule has 0 spiro atoms. The molecule has 12 nitrogen and oxygen atoms in total. The van der Waals surface area contributed by atoms with Crippen molar-refractivity contribution in [1.29, 1.82) is 0 Å². The van der Waals surface area contributed by atoms with Gasteiger partial charge in [0, 0.05) is 6.42 Å². The van der Waals surface area contributed by atoms with Crippen molar-refractivity contribution in [2.45, 2.75) is 31.0 Å². The second-order valence-corrected chi connectivity index (χ2v) is 6.33. The summed E-state index contributed by atoms with van der Waals surface area (Å²) in [6.07, 6.45) is -0.663. The monoisotopic (exact) mass is 423 g/mol. The maximum Gasteiger partial charge on any atom is 0.326 e. The Morgan fingerprint density at radius 2 is 1.47 bits per heavy atom. The summed E-state index contributed by atoms with van der Waals surface area (Å²) < 4.78 is 0. The Morgan fingerprint density at radius 1 is 0.900 bits per heavy atom. The van der Waals surface area contributed by atoms with Gasteiger partial charge < -0.3 is 37.6 Å². The minimum absolute atomic E-state index is 0.0235. The average Bonchev–Trinajstić information content (AvgIpc) is 2.70. The number of rotatable bonds is 12. The van der Waals surface area contributed by atoms with Crippen molar-refractivity contribution in [3.63, 3.8) is 0 Å². The Balaban J connectivity index is 3.01. The normalized spacial score (nSPS) is 13.4. The highest BCUT2D eigenvalue weighted by molar-refractivity contribution is 5.94. The van der Waals surface area contributed by atoms with Gasteiger partial charge in [0.25, 0.3) is 0 Å². The molecule has 3 unspecified atom stereocenters. The fourth-order valence-electron chi connectivity index (χ4n) is 2.45. The predicted molar refractivity (Wildman–Crippen MR) is 104 cm³/mol. The summed E-state index contributed by atoms with van der Waals surface area (Å²) in [6.45, 7) is -1.16. The van der Waals surface area contributed by atoms with E-state index in [0.717, 1.165) is 0 Å². The SMILES string of the molecule is NCC(=O)NC(CO)C(=O)NC(Cc1ccccc1)C(=O)NC(CC(N)=O)C(=O)O. The number of aliphatic hydroxyl groups excluding tert-OH is 1. The largest absolute Gasteiger partial charge is 0.480 e. The summed E-state index contributed by atoms with van der Waals surface area (Å²) in [5.74, 6) is -4.87. The molecule has 30 heavy (non-hydrogen) atoms. The molecule has 164 valence electrons. The van der Waals surface area contributed by atoms with E-state index in [1.165, 1.54) is 0 Å². The lowest BCUT2D eigenvalue weighted by Gasteiger charge is -2.23. The molecule has 0 fully saturated rings. The van der Waals surface area contributed by atoms with Crippen LogP contribution in [0.25, 0.3) is 0 Å². The highest BCUT2D eigenvalue weighted by atomic mass is 16.4. The third-order valence-corrected chi connectivity index (χ3v) is 3.96. The number of carboxylic acid groups (broad SMARTS) is 1. The number of benzene rings is 1. The summed E-state index contributed by atoms with van der Waals surface area (Å²) in [4.78, 5) is 58.8. The Hall–Kier alpha value is -3.51. The third kappa shape index (κ3) is 8.24. The molecule has 0 saturated heterocycles. The van der Waals surface area contributed by atoms with E-state index in [2.05, 4.69) is 16.0 Å². The van der Waals surface area contributed by atoms with Gasteiger partial charge in [-0.15, -0.1) is 0 Å². The molecule has 1 rings (SSSR count). The topological polar surface area (TPSA) is 214 Å². The van der Waals surface area contributed by atoms with Crippen molar-refractivity contribution in [3.05, 3.63) is 35.9 Å². The van der Waals surface area contributed by atoms with Gasteiger partial charge in [0.1, 0.15) is 18.1 Å². The van der Waals surface area contributed by atoms with Crippen molar-refractivity contribution in [2.24, 2.45) is 11.5 Å². The van der Waals surface area contributed by atoms with Crippen LogP contribution in [0, 0.1) is 0 Å². The van der Waals surface area contributed by atoms with Crippen molar-refractivity contribution in [2.75, 3.05) is 13.2 Å². The number of primary amides is 1. The standard InChI is InChI=1S/C18H25N5O7/c19-8-15(26)21-13(9-24)17(28)22-11(6-10-4-2-1-3-5-10)16(27)23-12(18(29)30)7-14(20)25/h1-5,11-13,24H,6-9,19H2,(H2,20,25)(H,21,26)(H,22,28)(H,23,27)(H,29,30). The molecule has 0 aliphatic carbocycles. The maximum atomic E-state index is 12.7. The molecule has 3 atom stereocenters. The fraction of sp³-hybridized carbons (Fsp3) is 0.389. The van der Waals surface area contributed by atoms with E-state index in [1.54, 1.807) is 30.3 Å². The number of nitrogens with one attached hydrogen (secondary N) is 3. The lowest BCUT2D eigenvalue weighted by Crippen LogP contribution is -2.58. The van der Waals surface area contributed by atoms with Crippen LogP contribution in [0.5, 0.6) is 0 Å². The quantitative estimate of drug-likeness (QED) is 0.179. The molecule has 1 aromatic rings. The van der Waals surface area contributed by atoms with Crippen molar-refractivity contribution < 1.29 is 34.2 Å². The lowest BCUT2D eigenvalue weighted by molar-refractivity contribution is -0.143. The summed E-state index contributed by atoms with van der Waals surface area (Å²) in [6, 6.07) is 4.31. The van der Waals surface area contributed by atoms with Gasteiger partial charge >= 0.3 is 5.97 Å². The molecule has 12 heteroatoms. The van der Waals surface area contributed by atoms with Crippen LogP contribution in [0.2, 0.25) is 0 Å². The summed E-state index contributed by atoms with van der Waals surface area (Å²) >= 11 is 0. The van der Waals surface area contributed by atoms with Crippen LogP contribution < -0.4 is 27.4 Å². The van der Waals surface area contributed by atoms with Crippen LogP contribution in [-0.2, 0) is 30.4 Å². The molecule has 0 aromatic heterocycles. The molecule has 0 saturated carbocycles. The number of hydrogen-bond donors (Lipinski definition) is 7. The number of aliphatic carboxylic acids is 1. The first-order chi connectivity index (χ1) is 14.2. The smallest absolute Gasteiger partial charge is 0.326 e. The van der Waals surface area contributed by atoms with Crippen molar-refractivity contribution in [1.82, 2.24) is 16.0 Å². The molecular weight excluding hydrogens is 398 g/mol. The molecule has 4 amide bonds. The zero-order chi connectivity index (χ0) is 22.7. The molecule has 9 N–H and O–H groups in total. The van der Waals surface area contributed by atoms with Crippen LogP contribution in [-0.4, -0.2) is 71.1 Å². The number of carboxylic acids is 1. The van der Waals surface area contributed by atoms with E-state index >= 15 is 0 Å². The van der Waals surface area contributed by atoms with Crippen molar-refractivity contribution in [3.8, 4) is 0 Å². The summed E-state index contributed by atoms with van der Waals surface area (Å²) in [5.41, 5.74) is 10.8. The van der Waals surface area contributed by atoms with Crippen LogP contribution >= 0.6 is 0 Å². The first kappa shape index (κ1) is 24.5. The van der Waals surface area contributed by atoms with Crippen LogP contribution in [0.4, 0.5) is 0 Å². The Labute approximate surface area is 172 Å². The molecule has 0 aliphatic heterocycles. The number of amides is 4. The van der Waals surface area contributed by atoms with Gasteiger partial charge in [-0.1, -0.05) is 30.3 Å². The fourth-order valence-corrected chi connectivity index (χ4v) is 2.45. The Bertz CT molecular complexity index is 771. The van der Waals surface area contributed by atoms with E-state index < -0.39 is 67.3 Å². The zero-order valence-corrected chi connectivity index (χ0v) is 16.0. The van der Waals surface area contributed by atoms with Crippen LogP contribution in [0.3, 0.4) is 0 Å². The Morgan fingerprint density at radius 3 is 1.97 bits per heavy atom. The van der Waals surface area contributed by atoms with E-state index in [0.29, 0.717) is 5.56 Å². The van der Waals surface area contributed by atoms with Crippen LogP contribution in [0.15, 0.2) is 30.3 Å². The molecule has 0 bridgehead atoms. The van der Waals surface area contributed by atoms with Gasteiger partial charge in [-0.2, -0.15) is 0 Å². The predicted octanol–water partition coefficient (Wildman–Crippen LogP) is -3.41. The second kappa shape index (κ2) is 12.1.